The number of ether oxygens (including phenoxy) is 1. The van der Waals surface area contributed by atoms with Gasteiger partial charge in [-0.1, -0.05) is 34.1 Å². The van der Waals surface area contributed by atoms with Crippen molar-refractivity contribution in [3.63, 3.8) is 0 Å². The summed E-state index contributed by atoms with van der Waals surface area (Å²) in [5.74, 6) is 0.737. The molecule has 3 rings (SSSR count). The highest BCUT2D eigenvalue weighted by atomic mass is 79.9. The second kappa shape index (κ2) is 5.77. The zero-order chi connectivity index (χ0) is 13.1. The van der Waals surface area contributed by atoms with Gasteiger partial charge in [-0.2, -0.15) is 0 Å². The van der Waals surface area contributed by atoms with Gasteiger partial charge in [0.15, 0.2) is 5.82 Å². The molecule has 2 heterocycles. The van der Waals surface area contributed by atoms with Crippen LogP contribution in [0.2, 0.25) is 0 Å². The average Bonchev–Trinajstić information content (AvgIpc) is 2.49. The summed E-state index contributed by atoms with van der Waals surface area (Å²) in [6.07, 6.45) is 1.73. The fraction of sp³-hybridized carbons (Fsp3) is 0.286. The monoisotopic (exact) mass is 319 g/mol. The molecule has 98 valence electrons. The Kier molecular flexibility index (Phi) is 3.87. The molecule has 5 heteroatoms. The van der Waals surface area contributed by atoms with E-state index in [9.17, 15) is 0 Å². The Morgan fingerprint density at radius 3 is 2.95 bits per heavy atom. The number of morpholine rings is 1. The summed E-state index contributed by atoms with van der Waals surface area (Å²) < 4.78 is 6.72. The maximum absolute atomic E-state index is 5.69. The molecule has 1 aromatic carbocycles. The molecule has 1 aliphatic rings. The number of hydrogen-bond donors (Lipinski definition) is 1. The molecule has 1 aliphatic heterocycles. The summed E-state index contributed by atoms with van der Waals surface area (Å²) in [4.78, 5) is 8.95. The quantitative estimate of drug-likeness (QED) is 0.924. The van der Waals surface area contributed by atoms with Gasteiger partial charge in [0.2, 0.25) is 0 Å². The highest BCUT2D eigenvalue weighted by Crippen LogP contribution is 2.27. The fourth-order valence-electron chi connectivity index (χ4n) is 2.08. The molecular weight excluding hydrogens is 306 g/mol. The van der Waals surface area contributed by atoms with Gasteiger partial charge in [-0.15, -0.1) is 0 Å². The fourth-order valence-corrected chi connectivity index (χ4v) is 2.57. The van der Waals surface area contributed by atoms with Gasteiger partial charge in [0.1, 0.15) is 6.10 Å². The van der Waals surface area contributed by atoms with Crippen molar-refractivity contribution in [1.29, 1.82) is 0 Å². The number of nitrogens with one attached hydrogen (secondary N) is 1. The van der Waals surface area contributed by atoms with Gasteiger partial charge in [0.25, 0.3) is 0 Å². The second-order valence-electron chi connectivity index (χ2n) is 4.34. The van der Waals surface area contributed by atoms with E-state index in [0.717, 1.165) is 34.6 Å². The van der Waals surface area contributed by atoms with E-state index >= 15 is 0 Å². The molecule has 0 bridgehead atoms. The molecule has 1 N–H and O–H groups in total. The molecule has 0 amide bonds. The van der Waals surface area contributed by atoms with Gasteiger partial charge in [0.05, 0.1) is 12.3 Å². The van der Waals surface area contributed by atoms with Gasteiger partial charge in [-0.3, -0.25) is 0 Å². The minimum absolute atomic E-state index is 0.0591. The van der Waals surface area contributed by atoms with E-state index in [1.807, 2.05) is 30.3 Å². The van der Waals surface area contributed by atoms with Crippen molar-refractivity contribution in [2.75, 3.05) is 19.7 Å². The summed E-state index contributed by atoms with van der Waals surface area (Å²) in [7, 11) is 0. The molecule has 1 unspecified atom stereocenters. The van der Waals surface area contributed by atoms with Crippen LogP contribution in [-0.2, 0) is 4.74 Å². The topological polar surface area (TPSA) is 47.0 Å². The van der Waals surface area contributed by atoms with E-state index in [4.69, 9.17) is 4.74 Å². The zero-order valence-corrected chi connectivity index (χ0v) is 11.9. The van der Waals surface area contributed by atoms with Crippen molar-refractivity contribution in [2.45, 2.75) is 6.10 Å². The molecule has 2 aromatic rings. The average molecular weight is 320 g/mol. The summed E-state index contributed by atoms with van der Waals surface area (Å²) in [6.45, 7) is 2.35. The van der Waals surface area contributed by atoms with Crippen LogP contribution in [0.25, 0.3) is 11.3 Å². The molecule has 19 heavy (non-hydrogen) atoms. The lowest BCUT2D eigenvalue weighted by atomic mass is 10.1. The van der Waals surface area contributed by atoms with Crippen LogP contribution in [0.3, 0.4) is 0 Å². The van der Waals surface area contributed by atoms with Gasteiger partial charge >= 0.3 is 0 Å². The minimum atomic E-state index is -0.0591. The SMILES string of the molecule is Brc1ccccc1-c1ccnc(C2CNCCO2)n1. The Balaban J connectivity index is 1.93. The van der Waals surface area contributed by atoms with E-state index < -0.39 is 0 Å². The van der Waals surface area contributed by atoms with Crippen molar-refractivity contribution in [3.8, 4) is 11.3 Å². The lowest BCUT2D eigenvalue weighted by Gasteiger charge is -2.22. The van der Waals surface area contributed by atoms with Gasteiger partial charge in [-0.25, -0.2) is 9.97 Å². The normalized spacial score (nSPS) is 19.3. The lowest BCUT2D eigenvalue weighted by molar-refractivity contribution is 0.0222. The molecular formula is C14H14BrN3O. The molecule has 4 nitrogen and oxygen atoms in total. The van der Waals surface area contributed by atoms with Crippen LogP contribution in [0.15, 0.2) is 41.0 Å². The summed E-state index contributed by atoms with van der Waals surface area (Å²) in [5, 5.41) is 3.29. The number of nitrogens with zero attached hydrogens (tertiary/aromatic N) is 2. The third-order valence-electron chi connectivity index (χ3n) is 3.04. The second-order valence-corrected chi connectivity index (χ2v) is 5.20. The maximum atomic E-state index is 5.69. The smallest absolute Gasteiger partial charge is 0.159 e. The molecule has 1 atom stereocenters. The van der Waals surface area contributed by atoms with Crippen LogP contribution in [0.1, 0.15) is 11.9 Å². The van der Waals surface area contributed by atoms with Crippen LogP contribution in [0, 0.1) is 0 Å². The Labute approximate surface area is 120 Å². The number of rotatable bonds is 2. The Hall–Kier alpha value is -1.30. The molecule has 0 radical (unpaired) electrons. The van der Waals surface area contributed by atoms with E-state index in [2.05, 4.69) is 31.2 Å². The third kappa shape index (κ3) is 2.83. The van der Waals surface area contributed by atoms with Crippen molar-refractivity contribution in [2.24, 2.45) is 0 Å². The Morgan fingerprint density at radius 2 is 2.16 bits per heavy atom. The first-order chi connectivity index (χ1) is 9.34. The summed E-state index contributed by atoms with van der Waals surface area (Å²) >= 11 is 3.55. The highest BCUT2D eigenvalue weighted by Gasteiger charge is 2.19. The predicted molar refractivity (Wildman–Crippen MR) is 76.7 cm³/mol. The standard InChI is InChI=1S/C14H14BrN3O/c15-11-4-2-1-3-10(11)12-5-6-17-14(18-12)13-9-16-7-8-19-13/h1-6,13,16H,7-9H2. The number of benzene rings is 1. The first-order valence-corrected chi connectivity index (χ1v) is 7.04. The van der Waals surface area contributed by atoms with Crippen LogP contribution in [0.5, 0.6) is 0 Å². The van der Waals surface area contributed by atoms with E-state index in [1.54, 1.807) is 6.20 Å². The number of hydrogen-bond acceptors (Lipinski definition) is 4. The summed E-state index contributed by atoms with van der Waals surface area (Å²) in [5.41, 5.74) is 1.97. The largest absolute Gasteiger partial charge is 0.368 e. The van der Waals surface area contributed by atoms with Crippen LogP contribution in [0.4, 0.5) is 0 Å². The first-order valence-electron chi connectivity index (χ1n) is 6.25. The van der Waals surface area contributed by atoms with Gasteiger partial charge < -0.3 is 10.1 Å². The van der Waals surface area contributed by atoms with E-state index in [-0.39, 0.29) is 6.10 Å². The molecule has 1 aromatic heterocycles. The Morgan fingerprint density at radius 1 is 1.26 bits per heavy atom. The zero-order valence-electron chi connectivity index (χ0n) is 10.3. The molecule has 0 saturated carbocycles. The number of aromatic nitrogens is 2. The van der Waals surface area contributed by atoms with Crippen molar-refractivity contribution in [1.82, 2.24) is 15.3 Å². The van der Waals surface area contributed by atoms with Crippen LogP contribution >= 0.6 is 15.9 Å². The van der Waals surface area contributed by atoms with E-state index in [0.29, 0.717) is 6.61 Å². The molecule has 1 fully saturated rings. The van der Waals surface area contributed by atoms with Crippen molar-refractivity contribution in [3.05, 3.63) is 46.8 Å². The van der Waals surface area contributed by atoms with Crippen molar-refractivity contribution < 1.29 is 4.74 Å². The van der Waals surface area contributed by atoms with E-state index in [1.165, 1.54) is 0 Å². The van der Waals surface area contributed by atoms with Crippen LogP contribution in [-0.4, -0.2) is 29.7 Å². The summed E-state index contributed by atoms with van der Waals surface area (Å²) in [6, 6.07) is 9.95. The van der Waals surface area contributed by atoms with Gasteiger partial charge in [0, 0.05) is 29.3 Å². The van der Waals surface area contributed by atoms with Crippen LogP contribution < -0.4 is 5.32 Å². The third-order valence-corrected chi connectivity index (χ3v) is 3.73. The molecule has 0 aliphatic carbocycles. The highest BCUT2D eigenvalue weighted by molar-refractivity contribution is 9.10. The van der Waals surface area contributed by atoms with Crippen molar-refractivity contribution >= 4 is 15.9 Å². The first kappa shape index (κ1) is 12.7. The molecule has 1 saturated heterocycles. The number of halogens is 1. The lowest BCUT2D eigenvalue weighted by Crippen LogP contribution is -2.34. The molecule has 0 spiro atoms. The maximum Gasteiger partial charge on any atom is 0.159 e. The minimum Gasteiger partial charge on any atom is -0.368 e. The Bertz CT molecular complexity index is 570. The van der Waals surface area contributed by atoms with Gasteiger partial charge in [-0.05, 0) is 12.1 Å². The predicted octanol–water partition coefficient (Wildman–Crippen LogP) is 2.57.